The summed E-state index contributed by atoms with van der Waals surface area (Å²) in [6.45, 7) is 7.41. The van der Waals surface area contributed by atoms with Crippen LogP contribution >= 0.6 is 0 Å². The first kappa shape index (κ1) is 16.1. The van der Waals surface area contributed by atoms with E-state index in [1.54, 1.807) is 7.11 Å². The van der Waals surface area contributed by atoms with Gasteiger partial charge in [-0.1, -0.05) is 19.8 Å². The van der Waals surface area contributed by atoms with E-state index in [1.165, 1.54) is 12.8 Å². The zero-order valence-corrected chi connectivity index (χ0v) is 11.6. The van der Waals surface area contributed by atoms with E-state index in [0.29, 0.717) is 19.2 Å². The zero-order chi connectivity index (χ0) is 12.9. The smallest absolute Gasteiger partial charge is 0.321 e. The van der Waals surface area contributed by atoms with Crippen molar-refractivity contribution in [1.82, 2.24) is 0 Å². The fourth-order valence-corrected chi connectivity index (χ4v) is 1.39. The summed E-state index contributed by atoms with van der Waals surface area (Å²) in [5, 5.41) is 0. The van der Waals surface area contributed by atoms with Crippen molar-refractivity contribution in [1.29, 1.82) is 0 Å². The summed E-state index contributed by atoms with van der Waals surface area (Å²) >= 11 is 0. The minimum atomic E-state index is 0.180. The van der Waals surface area contributed by atoms with E-state index in [2.05, 4.69) is 6.92 Å². The molecular formula is C13H26O4. The molecule has 0 saturated carbocycles. The Balaban J connectivity index is 4.46. The van der Waals surface area contributed by atoms with Crippen LogP contribution in [0.3, 0.4) is 0 Å². The van der Waals surface area contributed by atoms with Gasteiger partial charge in [0, 0.05) is 13.5 Å². The number of ether oxygens (including phenoxy) is 4. The Bertz CT molecular complexity index is 202. The highest BCUT2D eigenvalue weighted by molar-refractivity contribution is 4.95. The quantitative estimate of drug-likeness (QED) is 0.318. The minimum Gasteiger partial charge on any atom is -0.491 e. The van der Waals surface area contributed by atoms with Crippen LogP contribution in [0.4, 0.5) is 0 Å². The van der Waals surface area contributed by atoms with Gasteiger partial charge in [-0.15, -0.1) is 0 Å². The Morgan fingerprint density at radius 3 is 2.12 bits per heavy atom. The number of hydrogen-bond donors (Lipinski definition) is 0. The summed E-state index contributed by atoms with van der Waals surface area (Å²) in [6.07, 6.45) is 4.29. The maximum atomic E-state index is 5.57. The number of hydrogen-bond acceptors (Lipinski definition) is 4. The summed E-state index contributed by atoms with van der Waals surface area (Å²) in [7, 11) is 1.58. The van der Waals surface area contributed by atoms with Crippen LogP contribution in [-0.4, -0.2) is 27.1 Å². The van der Waals surface area contributed by atoms with Crippen LogP contribution in [0.1, 0.15) is 46.5 Å². The Kier molecular flexibility index (Phi) is 11.0. The third kappa shape index (κ3) is 7.91. The summed E-state index contributed by atoms with van der Waals surface area (Å²) in [4.78, 5) is 0. The molecule has 0 spiro atoms. The lowest BCUT2D eigenvalue weighted by Gasteiger charge is -2.15. The second-order valence-electron chi connectivity index (χ2n) is 3.58. The lowest BCUT2D eigenvalue weighted by atomic mass is 10.2. The normalized spacial score (nSPS) is 12.0. The van der Waals surface area contributed by atoms with E-state index in [0.717, 1.165) is 18.6 Å². The maximum Gasteiger partial charge on any atom is 0.321 e. The highest BCUT2D eigenvalue weighted by Crippen LogP contribution is 2.17. The number of allylic oxidation sites excluding steroid dienone is 1. The highest BCUT2D eigenvalue weighted by Gasteiger charge is 2.11. The fourth-order valence-electron chi connectivity index (χ4n) is 1.39. The second-order valence-corrected chi connectivity index (χ2v) is 3.58. The molecule has 0 atom stereocenters. The summed E-state index contributed by atoms with van der Waals surface area (Å²) in [6, 6.07) is 0. The summed E-state index contributed by atoms with van der Waals surface area (Å²) < 4.78 is 21.3. The van der Waals surface area contributed by atoms with Crippen LogP contribution in [0.2, 0.25) is 0 Å². The molecular weight excluding hydrogens is 220 g/mol. The van der Waals surface area contributed by atoms with Crippen molar-refractivity contribution in [2.24, 2.45) is 0 Å². The Labute approximate surface area is 105 Å². The van der Waals surface area contributed by atoms with Crippen LogP contribution in [0, 0.1) is 0 Å². The van der Waals surface area contributed by atoms with Gasteiger partial charge < -0.3 is 18.9 Å². The molecule has 0 aromatic heterocycles. The van der Waals surface area contributed by atoms with Gasteiger partial charge in [-0.25, -0.2) is 0 Å². The first-order valence-electron chi connectivity index (χ1n) is 6.40. The van der Waals surface area contributed by atoms with Crippen molar-refractivity contribution in [3.8, 4) is 0 Å². The van der Waals surface area contributed by atoms with Crippen molar-refractivity contribution >= 4 is 0 Å². The van der Waals surface area contributed by atoms with Gasteiger partial charge in [0.05, 0.1) is 13.2 Å². The van der Waals surface area contributed by atoms with Crippen LogP contribution in [0.15, 0.2) is 11.7 Å². The molecule has 0 fully saturated rings. The van der Waals surface area contributed by atoms with Crippen molar-refractivity contribution in [2.75, 3.05) is 27.1 Å². The minimum absolute atomic E-state index is 0.180. The van der Waals surface area contributed by atoms with Crippen LogP contribution in [0.5, 0.6) is 0 Å². The molecule has 0 amide bonds. The number of rotatable bonds is 11. The zero-order valence-electron chi connectivity index (χ0n) is 11.6. The predicted molar refractivity (Wildman–Crippen MR) is 67.4 cm³/mol. The van der Waals surface area contributed by atoms with Crippen molar-refractivity contribution in [2.45, 2.75) is 46.5 Å². The lowest BCUT2D eigenvalue weighted by molar-refractivity contribution is -0.0663. The molecule has 4 nitrogen and oxygen atoms in total. The molecule has 0 saturated heterocycles. The van der Waals surface area contributed by atoms with Gasteiger partial charge in [0.2, 0.25) is 0 Å². The molecule has 0 bridgehead atoms. The van der Waals surface area contributed by atoms with Crippen LogP contribution in [0.25, 0.3) is 0 Å². The topological polar surface area (TPSA) is 36.9 Å². The van der Waals surface area contributed by atoms with E-state index in [9.17, 15) is 0 Å². The van der Waals surface area contributed by atoms with Crippen LogP contribution < -0.4 is 0 Å². The van der Waals surface area contributed by atoms with E-state index in [4.69, 9.17) is 18.9 Å². The molecule has 0 aromatic carbocycles. The largest absolute Gasteiger partial charge is 0.491 e. The van der Waals surface area contributed by atoms with Gasteiger partial charge in [0.25, 0.3) is 0 Å². The van der Waals surface area contributed by atoms with Gasteiger partial charge in [-0.05, 0) is 20.3 Å². The molecule has 102 valence electrons. The molecule has 0 aromatic rings. The third-order valence-electron chi connectivity index (χ3n) is 2.14. The second kappa shape index (κ2) is 11.6. The van der Waals surface area contributed by atoms with Crippen molar-refractivity contribution in [3.63, 3.8) is 0 Å². The van der Waals surface area contributed by atoms with E-state index >= 15 is 0 Å². The standard InChI is InChI=1S/C13H26O4/c1-5-8-9-10-12(15-6-2)13(16-7-3)17-11-14-4/h5-11H2,1-4H3. The van der Waals surface area contributed by atoms with E-state index < -0.39 is 0 Å². The molecule has 0 N–H and O–H groups in total. The van der Waals surface area contributed by atoms with Gasteiger partial charge in [0.15, 0.2) is 12.6 Å². The van der Waals surface area contributed by atoms with Gasteiger partial charge >= 0.3 is 5.95 Å². The number of unbranched alkanes of at least 4 members (excludes halogenated alkanes) is 2. The average molecular weight is 246 g/mol. The van der Waals surface area contributed by atoms with E-state index in [1.807, 2.05) is 13.8 Å². The first-order chi connectivity index (χ1) is 8.29. The Morgan fingerprint density at radius 1 is 0.882 bits per heavy atom. The molecule has 17 heavy (non-hydrogen) atoms. The predicted octanol–water partition coefficient (Wildman–Crippen LogP) is 3.43. The molecule has 4 heteroatoms. The van der Waals surface area contributed by atoms with Crippen molar-refractivity contribution < 1.29 is 18.9 Å². The van der Waals surface area contributed by atoms with E-state index in [-0.39, 0.29) is 6.79 Å². The molecule has 0 aliphatic heterocycles. The monoisotopic (exact) mass is 246 g/mol. The molecule has 0 unspecified atom stereocenters. The number of methoxy groups -OCH3 is 1. The van der Waals surface area contributed by atoms with Crippen LogP contribution in [-0.2, 0) is 18.9 Å². The molecule has 0 radical (unpaired) electrons. The third-order valence-corrected chi connectivity index (χ3v) is 2.14. The SMILES string of the molecule is CCCCCC(OCC)=C(OCC)OCOC. The van der Waals surface area contributed by atoms with Gasteiger partial charge in [-0.2, -0.15) is 0 Å². The molecule has 0 aliphatic carbocycles. The fraction of sp³-hybridized carbons (Fsp3) is 0.846. The molecule has 0 rings (SSSR count). The molecule has 0 aliphatic rings. The van der Waals surface area contributed by atoms with Gasteiger partial charge in [0.1, 0.15) is 0 Å². The average Bonchev–Trinajstić information content (AvgIpc) is 2.34. The first-order valence-corrected chi connectivity index (χ1v) is 6.40. The van der Waals surface area contributed by atoms with Crippen molar-refractivity contribution in [3.05, 3.63) is 11.7 Å². The maximum absolute atomic E-state index is 5.57. The Hall–Kier alpha value is -0.900. The summed E-state index contributed by atoms with van der Waals surface area (Å²) in [5.41, 5.74) is 0. The lowest BCUT2D eigenvalue weighted by Crippen LogP contribution is -2.07. The highest BCUT2D eigenvalue weighted by atomic mass is 16.7. The van der Waals surface area contributed by atoms with Gasteiger partial charge in [-0.3, -0.25) is 0 Å². The molecule has 0 heterocycles. The summed E-state index contributed by atoms with van der Waals surface area (Å²) in [5.74, 6) is 1.26. The Morgan fingerprint density at radius 2 is 1.59 bits per heavy atom.